The highest BCUT2D eigenvalue weighted by Gasteiger charge is 2.24. The van der Waals surface area contributed by atoms with Crippen LogP contribution in [0.5, 0.6) is 0 Å². The summed E-state index contributed by atoms with van der Waals surface area (Å²) in [7, 11) is -5.35. The second-order valence-electron chi connectivity index (χ2n) is 6.44. The largest absolute Gasteiger partial charge is 0.335 e. The lowest BCUT2D eigenvalue weighted by Crippen LogP contribution is -2.00. The first-order valence-electron chi connectivity index (χ1n) is 8.57. The summed E-state index contributed by atoms with van der Waals surface area (Å²) in [5, 5.41) is 0. The lowest BCUT2D eigenvalue weighted by Gasteiger charge is -2.17. The molecule has 0 bridgehead atoms. The molecule has 2 aromatic rings. The molecule has 0 spiro atoms. The van der Waals surface area contributed by atoms with Crippen molar-refractivity contribution in [2.24, 2.45) is 0 Å². The first-order valence-corrected chi connectivity index (χ1v) is 13.1. The molecule has 0 radical (unpaired) electrons. The summed E-state index contributed by atoms with van der Waals surface area (Å²) < 4.78 is 35.5. The van der Waals surface area contributed by atoms with Crippen molar-refractivity contribution in [3.63, 3.8) is 0 Å². The number of hydrogen-bond donors (Lipinski definition) is 0. The zero-order valence-corrected chi connectivity index (χ0v) is 17.5. The van der Waals surface area contributed by atoms with Gasteiger partial charge in [0.1, 0.15) is 0 Å². The van der Waals surface area contributed by atoms with E-state index in [1.165, 1.54) is 0 Å². The lowest BCUT2D eigenvalue weighted by molar-refractivity contribution is 0.219. The molecular weight excluding hydrogens is 370 g/mol. The van der Waals surface area contributed by atoms with Crippen molar-refractivity contribution < 1.29 is 18.2 Å². The van der Waals surface area contributed by atoms with Crippen molar-refractivity contribution in [1.82, 2.24) is 9.97 Å². The molecule has 0 aliphatic rings. The van der Waals surface area contributed by atoms with Crippen molar-refractivity contribution in [1.29, 1.82) is 0 Å². The van der Waals surface area contributed by atoms with Gasteiger partial charge in [0.15, 0.2) is 0 Å². The van der Waals surface area contributed by atoms with Crippen molar-refractivity contribution in [2.75, 3.05) is 26.5 Å². The van der Waals surface area contributed by atoms with Crippen LogP contribution in [-0.4, -0.2) is 36.5 Å². The van der Waals surface area contributed by atoms with Crippen molar-refractivity contribution in [3.8, 4) is 11.4 Å². The van der Waals surface area contributed by atoms with Gasteiger partial charge in [-0.2, -0.15) is 0 Å². The van der Waals surface area contributed by atoms with Gasteiger partial charge in [0.2, 0.25) is 0 Å². The molecule has 0 aliphatic carbocycles. The first-order chi connectivity index (χ1) is 12.2. The molecule has 0 saturated heterocycles. The van der Waals surface area contributed by atoms with E-state index < -0.39 is 14.7 Å². The van der Waals surface area contributed by atoms with E-state index in [-0.39, 0.29) is 6.16 Å². The molecule has 6 nitrogen and oxygen atoms in total. The molecule has 8 heteroatoms. The van der Waals surface area contributed by atoms with E-state index in [2.05, 4.69) is 9.97 Å². The Labute approximate surface area is 155 Å². The Kier molecular flexibility index (Phi) is 7.31. The van der Waals surface area contributed by atoms with Crippen LogP contribution in [0.25, 0.3) is 11.4 Å². The van der Waals surface area contributed by atoms with E-state index >= 15 is 0 Å². The van der Waals surface area contributed by atoms with Gasteiger partial charge in [-0.25, -0.2) is 0 Å². The number of hydrogen-bond acceptors (Lipinski definition) is 6. The third-order valence-corrected chi connectivity index (χ3v) is 6.68. The maximum absolute atomic E-state index is 12.7. The van der Waals surface area contributed by atoms with Crippen LogP contribution in [0.15, 0.2) is 36.7 Å². The summed E-state index contributed by atoms with van der Waals surface area (Å²) in [4.78, 5) is 8.73. The van der Waals surface area contributed by atoms with Crippen LogP contribution >= 0.6 is 14.7 Å². The summed E-state index contributed by atoms with van der Waals surface area (Å²) in [6.45, 7) is 7.77. The maximum Gasteiger partial charge on any atom is 0.335 e. The molecule has 0 atom stereocenters. The van der Waals surface area contributed by atoms with Crippen LogP contribution in [0.2, 0.25) is 0 Å². The average Bonchev–Trinajstić information content (AvgIpc) is 2.54. The van der Waals surface area contributed by atoms with E-state index in [9.17, 15) is 9.13 Å². The molecule has 0 N–H and O–H groups in total. The monoisotopic (exact) mass is 396 g/mol. The zero-order valence-electron chi connectivity index (χ0n) is 15.7. The molecule has 0 aromatic carbocycles. The standard InChI is InChI=1S/C18H26N2O4P2/c1-5-23-26(22,24-6-2)14-16-8-10-20-18(12-16)17-11-15(7-9-19-17)13-25(3,4)21/h7-12H,5-6,13-14H2,1-4H3. The highest BCUT2D eigenvalue weighted by molar-refractivity contribution is 7.61. The van der Waals surface area contributed by atoms with Gasteiger partial charge in [-0.1, -0.05) is 0 Å². The van der Waals surface area contributed by atoms with Gasteiger partial charge < -0.3 is 13.6 Å². The Morgan fingerprint density at radius 2 is 1.31 bits per heavy atom. The van der Waals surface area contributed by atoms with Gasteiger partial charge in [0.05, 0.1) is 37.9 Å². The Morgan fingerprint density at radius 1 is 0.846 bits per heavy atom. The summed E-state index contributed by atoms with van der Waals surface area (Å²) in [6, 6.07) is 7.40. The summed E-state index contributed by atoms with van der Waals surface area (Å²) >= 11 is 0. The van der Waals surface area contributed by atoms with Gasteiger partial charge in [-0.15, -0.1) is 0 Å². The van der Waals surface area contributed by atoms with Crippen LogP contribution < -0.4 is 0 Å². The van der Waals surface area contributed by atoms with Crippen molar-refractivity contribution in [3.05, 3.63) is 47.8 Å². The quantitative estimate of drug-likeness (QED) is 0.553. The van der Waals surface area contributed by atoms with Crippen LogP contribution in [-0.2, 0) is 30.5 Å². The Bertz CT molecular complexity index is 825. The second-order valence-corrected chi connectivity index (χ2v) is 12.0. The number of rotatable bonds is 9. The van der Waals surface area contributed by atoms with Crippen LogP contribution in [0.3, 0.4) is 0 Å². The fraction of sp³-hybridized carbons (Fsp3) is 0.444. The van der Waals surface area contributed by atoms with Crippen LogP contribution in [0.1, 0.15) is 25.0 Å². The van der Waals surface area contributed by atoms with Crippen molar-refractivity contribution >= 4 is 14.7 Å². The summed E-state index contributed by atoms with van der Waals surface area (Å²) in [5.41, 5.74) is 3.14. The molecule has 0 unspecified atom stereocenters. The summed E-state index contributed by atoms with van der Waals surface area (Å²) in [6.07, 6.45) is 4.06. The first kappa shape index (κ1) is 21.0. The third-order valence-electron chi connectivity index (χ3n) is 3.50. The Balaban J connectivity index is 2.28. The van der Waals surface area contributed by atoms with Gasteiger partial charge in [-0.05, 0) is 62.6 Å². The van der Waals surface area contributed by atoms with Crippen LogP contribution in [0.4, 0.5) is 0 Å². The van der Waals surface area contributed by atoms with Gasteiger partial charge in [-0.3, -0.25) is 14.5 Å². The predicted octanol–water partition coefficient (Wildman–Crippen LogP) is 5.03. The van der Waals surface area contributed by atoms with Crippen molar-refractivity contribution in [2.45, 2.75) is 26.2 Å². The lowest BCUT2D eigenvalue weighted by atomic mass is 10.1. The van der Waals surface area contributed by atoms with E-state index in [0.29, 0.717) is 30.8 Å². The predicted molar refractivity (Wildman–Crippen MR) is 105 cm³/mol. The Hall–Kier alpha value is -1.32. The fourth-order valence-corrected chi connectivity index (χ4v) is 5.37. The molecule has 0 saturated carbocycles. The minimum atomic E-state index is -3.18. The van der Waals surface area contributed by atoms with E-state index in [1.807, 2.05) is 18.2 Å². The van der Waals surface area contributed by atoms with Gasteiger partial charge >= 0.3 is 7.60 Å². The highest BCUT2D eigenvalue weighted by atomic mass is 31.2. The van der Waals surface area contributed by atoms with E-state index in [4.69, 9.17) is 9.05 Å². The topological polar surface area (TPSA) is 78.4 Å². The molecule has 2 rings (SSSR count). The molecule has 2 heterocycles. The molecule has 2 aromatic heterocycles. The smallest absolute Gasteiger partial charge is 0.324 e. The average molecular weight is 396 g/mol. The molecule has 0 fully saturated rings. The van der Waals surface area contributed by atoms with Gasteiger partial charge in [0, 0.05) is 18.6 Å². The molecule has 0 aliphatic heterocycles. The van der Waals surface area contributed by atoms with Gasteiger partial charge in [0.25, 0.3) is 0 Å². The highest BCUT2D eigenvalue weighted by Crippen LogP contribution is 2.51. The molecular formula is C18H26N2O4P2. The molecule has 26 heavy (non-hydrogen) atoms. The zero-order chi connectivity index (χ0) is 19.2. The SMILES string of the molecule is CCOP(=O)(Cc1ccnc(-c2cc(CP(C)(C)=O)ccn2)c1)OCC. The Morgan fingerprint density at radius 3 is 1.73 bits per heavy atom. The molecule has 0 amide bonds. The van der Waals surface area contributed by atoms with E-state index in [1.54, 1.807) is 45.6 Å². The van der Waals surface area contributed by atoms with Crippen LogP contribution in [0, 0.1) is 0 Å². The maximum atomic E-state index is 12.7. The number of nitrogens with zero attached hydrogens (tertiary/aromatic N) is 2. The minimum absolute atomic E-state index is 0.184. The van der Waals surface area contributed by atoms with E-state index in [0.717, 1.165) is 11.1 Å². The second kappa shape index (κ2) is 9.05. The molecule has 142 valence electrons. The normalized spacial score (nSPS) is 12.3. The third kappa shape index (κ3) is 6.44. The summed E-state index contributed by atoms with van der Waals surface area (Å²) in [5.74, 6) is 0. The number of aromatic nitrogens is 2. The minimum Gasteiger partial charge on any atom is -0.324 e. The fourth-order valence-electron chi connectivity index (χ4n) is 2.61. The number of pyridine rings is 2.